The standard InChI is InChI=1S/C22H29ClN2O2/c1-22(2)8-7-16-20(22)21(23)15-13-18(26-3)19(14-17(15)24-16)27-12-6-11-25-9-4-5-10-25/h13-14H,4-12H2,1-3H3. The second-order valence-electron chi connectivity index (χ2n) is 8.40. The second kappa shape index (κ2) is 7.48. The van der Waals surface area contributed by atoms with Crippen LogP contribution in [0.3, 0.4) is 0 Å². The van der Waals surface area contributed by atoms with E-state index < -0.39 is 0 Å². The first-order valence-electron chi connectivity index (χ1n) is 10.1. The summed E-state index contributed by atoms with van der Waals surface area (Å²) in [6.45, 7) is 8.72. The zero-order valence-electron chi connectivity index (χ0n) is 16.6. The Morgan fingerprint density at radius 1 is 1.19 bits per heavy atom. The van der Waals surface area contributed by atoms with Crippen LogP contribution in [0.5, 0.6) is 11.5 Å². The number of halogens is 1. The molecule has 1 aromatic heterocycles. The number of likely N-dealkylation sites (tertiary alicyclic amines) is 1. The Morgan fingerprint density at radius 2 is 1.96 bits per heavy atom. The van der Waals surface area contributed by atoms with Gasteiger partial charge in [-0.1, -0.05) is 25.4 Å². The molecule has 1 aliphatic carbocycles. The summed E-state index contributed by atoms with van der Waals surface area (Å²) in [6, 6.07) is 3.97. The van der Waals surface area contributed by atoms with Crippen LogP contribution in [0.15, 0.2) is 12.1 Å². The largest absolute Gasteiger partial charge is 0.493 e. The molecule has 1 aliphatic heterocycles. The van der Waals surface area contributed by atoms with Gasteiger partial charge in [0.05, 0.1) is 24.3 Å². The summed E-state index contributed by atoms with van der Waals surface area (Å²) in [5.41, 5.74) is 3.29. The minimum absolute atomic E-state index is 0.0750. The van der Waals surface area contributed by atoms with Crippen molar-refractivity contribution in [3.63, 3.8) is 0 Å². The fraction of sp³-hybridized carbons (Fsp3) is 0.591. The highest BCUT2D eigenvalue weighted by Gasteiger charge is 2.34. The van der Waals surface area contributed by atoms with Crippen LogP contribution >= 0.6 is 11.6 Å². The number of rotatable bonds is 6. The van der Waals surface area contributed by atoms with Crippen molar-refractivity contribution in [1.29, 1.82) is 0 Å². The zero-order valence-corrected chi connectivity index (χ0v) is 17.4. The van der Waals surface area contributed by atoms with E-state index in [0.29, 0.717) is 6.61 Å². The average molecular weight is 389 g/mol. The van der Waals surface area contributed by atoms with Gasteiger partial charge in [-0.2, -0.15) is 0 Å². The van der Waals surface area contributed by atoms with E-state index in [9.17, 15) is 0 Å². The maximum atomic E-state index is 6.81. The van der Waals surface area contributed by atoms with Crippen LogP contribution in [0, 0.1) is 0 Å². The molecule has 0 bridgehead atoms. The molecule has 0 spiro atoms. The Hall–Kier alpha value is -1.52. The van der Waals surface area contributed by atoms with E-state index >= 15 is 0 Å². The van der Waals surface area contributed by atoms with Crippen molar-refractivity contribution in [2.45, 2.75) is 51.4 Å². The third-order valence-electron chi connectivity index (χ3n) is 6.02. The van der Waals surface area contributed by atoms with Crippen LogP contribution in [0.1, 0.15) is 50.8 Å². The minimum Gasteiger partial charge on any atom is -0.493 e. The summed E-state index contributed by atoms with van der Waals surface area (Å²) in [5, 5.41) is 1.77. The van der Waals surface area contributed by atoms with Gasteiger partial charge in [-0.25, -0.2) is 0 Å². The third-order valence-corrected chi connectivity index (χ3v) is 6.41. The summed E-state index contributed by atoms with van der Waals surface area (Å²) in [5.74, 6) is 1.48. The van der Waals surface area contributed by atoms with Crippen LogP contribution in [0.4, 0.5) is 0 Å². The molecular weight excluding hydrogens is 360 g/mol. The molecule has 27 heavy (non-hydrogen) atoms. The van der Waals surface area contributed by atoms with Crippen LogP contribution in [-0.2, 0) is 11.8 Å². The fourth-order valence-electron chi connectivity index (χ4n) is 4.45. The molecule has 0 atom stereocenters. The van der Waals surface area contributed by atoms with E-state index in [1.165, 1.54) is 31.5 Å². The van der Waals surface area contributed by atoms with Crippen molar-refractivity contribution >= 4 is 22.5 Å². The van der Waals surface area contributed by atoms with Gasteiger partial charge in [-0.05, 0) is 62.2 Å². The number of benzene rings is 1. The van der Waals surface area contributed by atoms with E-state index in [4.69, 9.17) is 26.1 Å². The fourth-order valence-corrected chi connectivity index (χ4v) is 4.97. The number of aromatic nitrogens is 1. The van der Waals surface area contributed by atoms with E-state index in [-0.39, 0.29) is 5.41 Å². The van der Waals surface area contributed by atoms with Crippen LogP contribution in [0.2, 0.25) is 5.02 Å². The van der Waals surface area contributed by atoms with Gasteiger partial charge in [0, 0.05) is 23.7 Å². The Kier molecular flexibility index (Phi) is 5.21. The SMILES string of the molecule is COc1cc2c(Cl)c3c(nc2cc1OCCCN1CCCC1)CCC3(C)C. The molecule has 1 saturated heterocycles. The summed E-state index contributed by atoms with van der Waals surface area (Å²) >= 11 is 6.81. The van der Waals surface area contributed by atoms with Crippen molar-refractivity contribution < 1.29 is 9.47 Å². The van der Waals surface area contributed by atoms with Gasteiger partial charge in [0.2, 0.25) is 0 Å². The lowest BCUT2D eigenvalue weighted by molar-refractivity contribution is 0.254. The predicted octanol–water partition coefficient (Wildman–Crippen LogP) is 4.99. The molecular formula is C22H29ClN2O2. The molecule has 4 rings (SSSR count). The van der Waals surface area contributed by atoms with Crippen molar-refractivity contribution in [2.75, 3.05) is 33.4 Å². The number of hydrogen-bond donors (Lipinski definition) is 0. The number of nitrogens with zero attached hydrogens (tertiary/aromatic N) is 2. The monoisotopic (exact) mass is 388 g/mol. The second-order valence-corrected chi connectivity index (χ2v) is 8.78. The third kappa shape index (κ3) is 3.62. The number of hydrogen-bond acceptors (Lipinski definition) is 4. The van der Waals surface area contributed by atoms with Gasteiger partial charge in [0.25, 0.3) is 0 Å². The lowest BCUT2D eigenvalue weighted by Gasteiger charge is -2.21. The Labute approximate surface area is 166 Å². The molecule has 2 heterocycles. The molecule has 2 aromatic rings. The number of fused-ring (bicyclic) bond motifs is 2. The van der Waals surface area contributed by atoms with Crippen molar-refractivity contribution in [2.24, 2.45) is 0 Å². The normalized spacial score (nSPS) is 18.8. The topological polar surface area (TPSA) is 34.6 Å². The Bertz CT molecular complexity index is 844. The van der Waals surface area contributed by atoms with Crippen LogP contribution in [0.25, 0.3) is 10.9 Å². The predicted molar refractivity (Wildman–Crippen MR) is 110 cm³/mol. The molecule has 0 amide bonds. The highest BCUT2D eigenvalue weighted by molar-refractivity contribution is 6.36. The highest BCUT2D eigenvalue weighted by atomic mass is 35.5. The highest BCUT2D eigenvalue weighted by Crippen LogP contribution is 2.45. The van der Waals surface area contributed by atoms with E-state index in [1.54, 1.807) is 7.11 Å². The lowest BCUT2D eigenvalue weighted by Crippen LogP contribution is -2.21. The summed E-state index contributed by atoms with van der Waals surface area (Å²) < 4.78 is 11.6. The van der Waals surface area contributed by atoms with Crippen LogP contribution < -0.4 is 9.47 Å². The summed E-state index contributed by atoms with van der Waals surface area (Å²) in [7, 11) is 1.68. The van der Waals surface area contributed by atoms with Crippen LogP contribution in [-0.4, -0.2) is 43.2 Å². The quantitative estimate of drug-likeness (QED) is 0.653. The number of aryl methyl sites for hydroxylation is 1. The lowest BCUT2D eigenvalue weighted by atomic mass is 9.86. The molecule has 0 N–H and O–H groups in total. The summed E-state index contributed by atoms with van der Waals surface area (Å²) in [4.78, 5) is 7.42. The Balaban J connectivity index is 1.57. The smallest absolute Gasteiger partial charge is 0.163 e. The van der Waals surface area contributed by atoms with Gasteiger partial charge in [-0.3, -0.25) is 4.98 Å². The zero-order chi connectivity index (χ0) is 19.0. The van der Waals surface area contributed by atoms with Gasteiger partial charge < -0.3 is 14.4 Å². The first kappa shape index (κ1) is 18.8. The average Bonchev–Trinajstić information content (AvgIpc) is 3.26. The molecule has 1 fully saturated rings. The van der Waals surface area contributed by atoms with Crippen molar-refractivity contribution in [3.8, 4) is 11.5 Å². The number of methoxy groups -OCH3 is 1. The van der Waals surface area contributed by atoms with Crippen molar-refractivity contribution in [3.05, 3.63) is 28.4 Å². The Morgan fingerprint density at radius 3 is 2.70 bits per heavy atom. The number of ether oxygens (including phenoxy) is 2. The van der Waals surface area contributed by atoms with E-state index in [2.05, 4.69) is 18.7 Å². The summed E-state index contributed by atoms with van der Waals surface area (Å²) in [6.07, 6.45) is 5.74. The maximum Gasteiger partial charge on any atom is 0.163 e. The van der Waals surface area contributed by atoms with Crippen molar-refractivity contribution in [1.82, 2.24) is 9.88 Å². The minimum atomic E-state index is 0.0750. The molecule has 0 radical (unpaired) electrons. The number of pyridine rings is 1. The molecule has 2 aliphatic rings. The maximum absolute atomic E-state index is 6.81. The van der Waals surface area contributed by atoms with E-state index in [1.807, 2.05) is 12.1 Å². The molecule has 146 valence electrons. The first-order valence-corrected chi connectivity index (χ1v) is 10.4. The molecule has 1 aromatic carbocycles. The van der Waals surface area contributed by atoms with E-state index in [0.717, 1.165) is 58.9 Å². The van der Waals surface area contributed by atoms with Gasteiger partial charge in [-0.15, -0.1) is 0 Å². The molecule has 0 saturated carbocycles. The van der Waals surface area contributed by atoms with Gasteiger partial charge in [0.15, 0.2) is 11.5 Å². The molecule has 4 nitrogen and oxygen atoms in total. The van der Waals surface area contributed by atoms with Gasteiger partial charge >= 0.3 is 0 Å². The first-order chi connectivity index (χ1) is 13.0. The molecule has 5 heteroatoms. The molecule has 0 unspecified atom stereocenters. The van der Waals surface area contributed by atoms with Gasteiger partial charge in [0.1, 0.15) is 0 Å².